The number of hydrogen-bond donors (Lipinski definition) is 1. The monoisotopic (exact) mass is 521 g/mol. The number of carbonyl (C=O) groups excluding carboxylic acids is 1. The number of benzene rings is 2. The summed E-state index contributed by atoms with van der Waals surface area (Å²) in [6, 6.07) is 7.86. The van der Waals surface area contributed by atoms with Crippen molar-refractivity contribution in [3.8, 4) is 0 Å². The van der Waals surface area contributed by atoms with E-state index in [0.717, 1.165) is 18.8 Å². The van der Waals surface area contributed by atoms with Crippen molar-refractivity contribution in [2.24, 2.45) is 0 Å². The van der Waals surface area contributed by atoms with E-state index in [-0.39, 0.29) is 5.02 Å². The van der Waals surface area contributed by atoms with Gasteiger partial charge in [-0.3, -0.25) is 9.69 Å². The molecule has 0 aromatic heterocycles. The molecule has 0 unspecified atom stereocenters. The van der Waals surface area contributed by atoms with Gasteiger partial charge in [0.05, 0.1) is 20.9 Å². The molecule has 0 atom stereocenters. The second-order valence-electron chi connectivity index (χ2n) is 7.81. The maximum atomic E-state index is 14.6. The summed E-state index contributed by atoms with van der Waals surface area (Å²) in [6.45, 7) is 6.15. The lowest BCUT2D eigenvalue weighted by molar-refractivity contribution is 0.0977. The van der Waals surface area contributed by atoms with Crippen LogP contribution in [0.3, 0.4) is 0 Å². The molecule has 2 aromatic rings. The zero-order chi connectivity index (χ0) is 23.6. The summed E-state index contributed by atoms with van der Waals surface area (Å²) in [5.41, 5.74) is 1.10. The molecule has 0 aliphatic carbocycles. The van der Waals surface area contributed by atoms with Gasteiger partial charge in [0.15, 0.2) is 0 Å². The number of hydrogen-bond acceptors (Lipinski definition) is 5. The minimum absolute atomic E-state index is 0.199. The zero-order valence-corrected chi connectivity index (χ0v) is 20.6. The summed E-state index contributed by atoms with van der Waals surface area (Å²) >= 11 is 18.4. The summed E-state index contributed by atoms with van der Waals surface area (Å²) in [5, 5.41) is 0.376. The summed E-state index contributed by atoms with van der Waals surface area (Å²) < 4.78 is 40.3. The fourth-order valence-electron chi connectivity index (χ4n) is 3.27. The average Bonchev–Trinajstić information content (AvgIpc) is 2.72. The van der Waals surface area contributed by atoms with E-state index < -0.39 is 32.6 Å². The van der Waals surface area contributed by atoms with Crippen molar-refractivity contribution in [3.05, 3.63) is 62.3 Å². The first-order valence-corrected chi connectivity index (χ1v) is 12.6. The van der Waals surface area contributed by atoms with Gasteiger partial charge < -0.3 is 4.90 Å². The van der Waals surface area contributed by atoms with Gasteiger partial charge in [-0.25, -0.2) is 17.5 Å². The fraction of sp³-hybridized carbons (Fsp3) is 0.381. The number of nitrogens with zero attached hydrogens (tertiary/aromatic N) is 2. The largest absolute Gasteiger partial charge is 0.369 e. The highest BCUT2D eigenvalue weighted by atomic mass is 35.5. The molecule has 0 spiro atoms. The van der Waals surface area contributed by atoms with Crippen molar-refractivity contribution in [1.29, 1.82) is 0 Å². The second-order valence-corrected chi connectivity index (χ2v) is 11.3. The first-order chi connectivity index (χ1) is 15.0. The number of halogens is 4. The van der Waals surface area contributed by atoms with Gasteiger partial charge in [0, 0.05) is 43.4 Å². The first kappa shape index (κ1) is 25.1. The number of sulfonamides is 1. The van der Waals surface area contributed by atoms with Gasteiger partial charge in [0.2, 0.25) is 10.0 Å². The standard InChI is InChI=1S/C21H23Cl3FN3O3S/c1-13(2)32(30,31)26-21(29)16-11-18(23)14(9-20(16)25)12-27-5-7-28(8-6-27)15-3-4-17(22)19(24)10-15/h3-4,9-11,13H,5-8,12H2,1-2H3,(H,26,29). The molecule has 3 rings (SSSR count). The van der Waals surface area contributed by atoms with Gasteiger partial charge in [-0.15, -0.1) is 0 Å². The van der Waals surface area contributed by atoms with Crippen LogP contribution >= 0.6 is 34.8 Å². The average molecular weight is 523 g/mol. The quantitative estimate of drug-likeness (QED) is 0.602. The molecule has 0 radical (unpaired) electrons. The van der Waals surface area contributed by atoms with Crippen molar-refractivity contribution in [2.45, 2.75) is 25.6 Å². The predicted molar refractivity (Wildman–Crippen MR) is 127 cm³/mol. The van der Waals surface area contributed by atoms with Crippen LogP contribution in [-0.2, 0) is 16.6 Å². The van der Waals surface area contributed by atoms with Crippen LogP contribution in [0.25, 0.3) is 0 Å². The Morgan fingerprint density at radius 2 is 1.69 bits per heavy atom. The molecule has 0 saturated carbocycles. The van der Waals surface area contributed by atoms with E-state index in [1.807, 2.05) is 16.9 Å². The first-order valence-electron chi connectivity index (χ1n) is 9.94. The number of anilines is 1. The van der Waals surface area contributed by atoms with E-state index in [1.165, 1.54) is 26.0 Å². The molecular weight excluding hydrogens is 500 g/mol. The highest BCUT2D eigenvalue weighted by molar-refractivity contribution is 7.90. The normalized spacial score (nSPS) is 15.3. The predicted octanol–water partition coefficient (Wildman–Crippen LogP) is 4.58. The molecule has 1 N–H and O–H groups in total. The number of carbonyl (C=O) groups is 1. The van der Waals surface area contributed by atoms with E-state index in [4.69, 9.17) is 34.8 Å². The summed E-state index contributed by atoms with van der Waals surface area (Å²) in [6.07, 6.45) is 0. The minimum atomic E-state index is -3.88. The molecule has 6 nitrogen and oxygen atoms in total. The van der Waals surface area contributed by atoms with Crippen molar-refractivity contribution in [2.75, 3.05) is 31.1 Å². The lowest BCUT2D eigenvalue weighted by atomic mass is 10.1. The minimum Gasteiger partial charge on any atom is -0.369 e. The smallest absolute Gasteiger partial charge is 0.267 e. The summed E-state index contributed by atoms with van der Waals surface area (Å²) in [4.78, 5) is 16.5. The van der Waals surface area contributed by atoms with Crippen LogP contribution < -0.4 is 9.62 Å². The summed E-state index contributed by atoms with van der Waals surface area (Å²) in [7, 11) is -3.88. The van der Waals surface area contributed by atoms with E-state index >= 15 is 0 Å². The molecule has 174 valence electrons. The molecule has 0 bridgehead atoms. The SMILES string of the molecule is CC(C)S(=O)(=O)NC(=O)c1cc(Cl)c(CN2CCN(c3ccc(Cl)c(Cl)c3)CC2)cc1F. The Morgan fingerprint density at radius 3 is 2.28 bits per heavy atom. The van der Waals surface area contributed by atoms with Gasteiger partial charge in [0.1, 0.15) is 5.82 Å². The molecular formula is C21H23Cl3FN3O3S. The molecule has 1 aliphatic heterocycles. The van der Waals surface area contributed by atoms with Crippen molar-refractivity contribution < 1.29 is 17.6 Å². The third-order valence-electron chi connectivity index (χ3n) is 5.27. The van der Waals surface area contributed by atoms with Crippen molar-refractivity contribution >= 4 is 56.4 Å². The van der Waals surface area contributed by atoms with Crippen LogP contribution in [0.4, 0.5) is 10.1 Å². The van der Waals surface area contributed by atoms with Crippen LogP contribution in [0.5, 0.6) is 0 Å². The molecule has 1 amide bonds. The van der Waals surface area contributed by atoms with E-state index in [9.17, 15) is 17.6 Å². The Labute approximate surface area is 202 Å². The third-order valence-corrected chi connectivity index (χ3v) is 8.07. The van der Waals surface area contributed by atoms with E-state index in [1.54, 1.807) is 6.07 Å². The van der Waals surface area contributed by atoms with E-state index in [0.29, 0.717) is 35.2 Å². The molecule has 1 fully saturated rings. The zero-order valence-electron chi connectivity index (χ0n) is 17.5. The maximum Gasteiger partial charge on any atom is 0.267 e. The topological polar surface area (TPSA) is 69.7 Å². The molecule has 2 aromatic carbocycles. The lowest BCUT2D eigenvalue weighted by Crippen LogP contribution is -2.46. The van der Waals surface area contributed by atoms with Crippen molar-refractivity contribution in [1.82, 2.24) is 9.62 Å². The highest BCUT2D eigenvalue weighted by Crippen LogP contribution is 2.28. The lowest BCUT2D eigenvalue weighted by Gasteiger charge is -2.36. The Hall–Kier alpha value is -1.58. The van der Waals surface area contributed by atoms with Gasteiger partial charge in [-0.2, -0.15) is 0 Å². The van der Waals surface area contributed by atoms with Gasteiger partial charge in [-0.05, 0) is 49.7 Å². The fourth-order valence-corrected chi connectivity index (χ4v) is 4.39. The number of rotatable bonds is 6. The molecule has 1 saturated heterocycles. The Kier molecular flexibility index (Phi) is 7.93. The van der Waals surface area contributed by atoms with E-state index in [2.05, 4.69) is 9.80 Å². The number of amides is 1. The Balaban J connectivity index is 1.65. The number of nitrogens with one attached hydrogen (secondary N) is 1. The molecule has 1 heterocycles. The molecule has 32 heavy (non-hydrogen) atoms. The van der Waals surface area contributed by atoms with Crippen molar-refractivity contribution in [3.63, 3.8) is 0 Å². The molecule has 1 aliphatic rings. The van der Waals surface area contributed by atoms with Gasteiger partial charge in [0.25, 0.3) is 5.91 Å². The maximum absolute atomic E-state index is 14.6. The Morgan fingerprint density at radius 1 is 1.03 bits per heavy atom. The Bertz CT molecular complexity index is 1120. The number of piperazine rings is 1. The van der Waals surface area contributed by atoms with Crippen LogP contribution in [0, 0.1) is 5.82 Å². The highest BCUT2D eigenvalue weighted by Gasteiger charge is 2.24. The van der Waals surface area contributed by atoms with Gasteiger partial charge >= 0.3 is 0 Å². The van der Waals surface area contributed by atoms with Crippen LogP contribution in [0.1, 0.15) is 29.8 Å². The van der Waals surface area contributed by atoms with Crippen LogP contribution in [-0.4, -0.2) is 50.7 Å². The second kappa shape index (κ2) is 10.1. The summed E-state index contributed by atoms with van der Waals surface area (Å²) in [5.74, 6) is -1.87. The van der Waals surface area contributed by atoms with Crippen LogP contribution in [0.15, 0.2) is 30.3 Å². The third kappa shape index (κ3) is 5.85. The molecule has 11 heteroatoms. The van der Waals surface area contributed by atoms with Gasteiger partial charge in [-0.1, -0.05) is 34.8 Å². The van der Waals surface area contributed by atoms with Crippen LogP contribution in [0.2, 0.25) is 15.1 Å².